The van der Waals surface area contributed by atoms with Crippen molar-refractivity contribution in [2.45, 2.75) is 19.4 Å². The second-order valence-corrected chi connectivity index (χ2v) is 7.47. The van der Waals surface area contributed by atoms with Crippen molar-refractivity contribution in [3.8, 4) is 23.3 Å². The first-order valence-corrected chi connectivity index (χ1v) is 10.1. The molecule has 0 unspecified atom stereocenters. The normalized spacial score (nSPS) is 14.9. The number of hydrogen-bond donors (Lipinski definition) is 1. The van der Waals surface area contributed by atoms with Crippen LogP contribution in [-0.4, -0.2) is 18.8 Å². The van der Waals surface area contributed by atoms with E-state index < -0.39 is 5.92 Å². The molecule has 2 heterocycles. The Morgan fingerprint density at radius 1 is 1.12 bits per heavy atom. The van der Waals surface area contributed by atoms with Gasteiger partial charge >= 0.3 is 0 Å². The van der Waals surface area contributed by atoms with Crippen LogP contribution in [0.3, 0.4) is 0 Å². The van der Waals surface area contributed by atoms with E-state index in [1.54, 1.807) is 35.9 Å². The van der Waals surface area contributed by atoms with Crippen LogP contribution in [0.15, 0.2) is 70.8 Å². The van der Waals surface area contributed by atoms with Crippen LogP contribution in [0.5, 0.6) is 17.2 Å². The molecule has 0 bridgehead atoms. The maximum atomic E-state index is 13.8. The summed E-state index contributed by atoms with van der Waals surface area (Å²) in [5, 5.41) is 9.91. The van der Waals surface area contributed by atoms with E-state index in [9.17, 15) is 10.1 Å². The Balaban J connectivity index is 1.98. The summed E-state index contributed by atoms with van der Waals surface area (Å²) >= 11 is 0. The minimum absolute atomic E-state index is 0.0329. The molecule has 0 spiro atoms. The number of aryl methyl sites for hydroxylation is 1. The Kier molecular flexibility index (Phi) is 5.61. The third-order valence-electron chi connectivity index (χ3n) is 5.62. The average Bonchev–Trinajstić information content (AvgIpc) is 2.81. The summed E-state index contributed by atoms with van der Waals surface area (Å²) < 4.78 is 18.3. The van der Waals surface area contributed by atoms with Crippen LogP contribution >= 0.6 is 0 Å². The van der Waals surface area contributed by atoms with Gasteiger partial charge in [0.15, 0.2) is 0 Å². The highest BCUT2D eigenvalue weighted by molar-refractivity contribution is 5.59. The Morgan fingerprint density at radius 3 is 2.53 bits per heavy atom. The highest BCUT2D eigenvalue weighted by Gasteiger charge is 2.36. The van der Waals surface area contributed by atoms with E-state index in [2.05, 4.69) is 6.07 Å². The SMILES string of the molecule is COc1ccc(OC)c([C@@H]2C(C#N)=C(N)Oc3cc(C)n(Cc4ccccc4)c(=O)c32)c1. The lowest BCUT2D eigenvalue weighted by Gasteiger charge is -2.28. The van der Waals surface area contributed by atoms with Gasteiger partial charge in [0, 0.05) is 17.3 Å². The van der Waals surface area contributed by atoms with Crippen LogP contribution < -0.4 is 25.5 Å². The molecule has 0 saturated carbocycles. The lowest BCUT2D eigenvalue weighted by Crippen LogP contribution is -2.33. The monoisotopic (exact) mass is 429 g/mol. The number of rotatable bonds is 5. The molecule has 0 radical (unpaired) electrons. The van der Waals surface area contributed by atoms with Crippen LogP contribution in [0.4, 0.5) is 0 Å². The minimum Gasteiger partial charge on any atom is -0.497 e. The Morgan fingerprint density at radius 2 is 1.88 bits per heavy atom. The number of methoxy groups -OCH3 is 2. The average molecular weight is 429 g/mol. The number of allylic oxidation sites excluding steroid dienone is 1. The van der Waals surface area contributed by atoms with E-state index in [0.717, 1.165) is 11.3 Å². The van der Waals surface area contributed by atoms with Crippen molar-refractivity contribution in [2.24, 2.45) is 5.73 Å². The van der Waals surface area contributed by atoms with Crippen LogP contribution in [0.2, 0.25) is 0 Å². The molecule has 1 aromatic heterocycles. The zero-order chi connectivity index (χ0) is 22.8. The van der Waals surface area contributed by atoms with E-state index in [1.165, 1.54) is 7.11 Å². The number of fused-ring (bicyclic) bond motifs is 1. The van der Waals surface area contributed by atoms with Crippen molar-refractivity contribution in [3.63, 3.8) is 0 Å². The predicted molar refractivity (Wildman–Crippen MR) is 120 cm³/mol. The summed E-state index contributed by atoms with van der Waals surface area (Å²) in [6.07, 6.45) is 0. The molecular formula is C25H23N3O4. The number of aromatic nitrogens is 1. The van der Waals surface area contributed by atoms with Gasteiger partial charge in [0.1, 0.15) is 28.9 Å². The highest BCUT2D eigenvalue weighted by Crippen LogP contribution is 2.44. The van der Waals surface area contributed by atoms with E-state index >= 15 is 0 Å². The number of benzene rings is 2. The zero-order valence-corrected chi connectivity index (χ0v) is 18.1. The number of pyridine rings is 1. The smallest absolute Gasteiger partial charge is 0.259 e. The molecule has 1 aliphatic rings. The first kappa shape index (κ1) is 21.1. The highest BCUT2D eigenvalue weighted by atomic mass is 16.5. The fourth-order valence-corrected chi connectivity index (χ4v) is 4.02. The van der Waals surface area contributed by atoms with E-state index in [4.69, 9.17) is 19.9 Å². The van der Waals surface area contributed by atoms with Crippen LogP contribution in [0, 0.1) is 18.3 Å². The van der Waals surface area contributed by atoms with Gasteiger partial charge in [-0.3, -0.25) is 4.79 Å². The standard InChI is InChI=1S/C25H23N3O4/c1-15-11-21-23(25(29)28(15)14-16-7-5-4-6-8-16)22(19(13-26)24(27)32-21)18-12-17(30-2)9-10-20(18)31-3/h4-12,22H,14,27H2,1-3H3/t22-/m1/s1. The van der Waals surface area contributed by atoms with Crippen LogP contribution in [0.1, 0.15) is 28.3 Å². The van der Waals surface area contributed by atoms with Gasteiger partial charge in [-0.15, -0.1) is 0 Å². The molecular weight excluding hydrogens is 406 g/mol. The summed E-state index contributed by atoms with van der Waals surface area (Å²) in [5.41, 5.74) is 8.66. The lowest BCUT2D eigenvalue weighted by atomic mass is 9.83. The van der Waals surface area contributed by atoms with Crippen LogP contribution in [0.25, 0.3) is 0 Å². The van der Waals surface area contributed by atoms with E-state index in [0.29, 0.717) is 34.9 Å². The first-order chi connectivity index (χ1) is 15.5. The third kappa shape index (κ3) is 3.56. The molecule has 2 N–H and O–H groups in total. The van der Waals surface area contributed by atoms with Crippen molar-refractivity contribution in [3.05, 3.63) is 98.8 Å². The Hall–Kier alpha value is -4.18. The molecule has 0 saturated heterocycles. The summed E-state index contributed by atoms with van der Waals surface area (Å²) in [5.74, 6) is 0.627. The third-order valence-corrected chi connectivity index (χ3v) is 5.62. The van der Waals surface area contributed by atoms with Crippen molar-refractivity contribution in [1.82, 2.24) is 4.57 Å². The van der Waals surface area contributed by atoms with Gasteiger partial charge in [-0.05, 0) is 30.7 Å². The van der Waals surface area contributed by atoms with E-state index in [-0.39, 0.29) is 17.0 Å². The molecule has 2 aromatic carbocycles. The first-order valence-electron chi connectivity index (χ1n) is 10.1. The minimum atomic E-state index is -0.760. The maximum absolute atomic E-state index is 13.8. The molecule has 162 valence electrons. The molecule has 32 heavy (non-hydrogen) atoms. The Bertz CT molecular complexity index is 1300. The molecule has 7 heteroatoms. The van der Waals surface area contributed by atoms with Gasteiger partial charge in [-0.2, -0.15) is 5.26 Å². The van der Waals surface area contributed by atoms with Crippen LogP contribution in [-0.2, 0) is 6.54 Å². The predicted octanol–water partition coefficient (Wildman–Crippen LogP) is 3.44. The summed E-state index contributed by atoms with van der Waals surface area (Å²) in [7, 11) is 3.09. The molecule has 0 aliphatic carbocycles. The fourth-order valence-electron chi connectivity index (χ4n) is 4.02. The zero-order valence-electron chi connectivity index (χ0n) is 18.1. The summed E-state index contributed by atoms with van der Waals surface area (Å²) in [6, 6.07) is 18.9. The number of ether oxygens (including phenoxy) is 3. The second-order valence-electron chi connectivity index (χ2n) is 7.47. The largest absolute Gasteiger partial charge is 0.497 e. The van der Waals surface area contributed by atoms with Crippen molar-refractivity contribution < 1.29 is 14.2 Å². The van der Waals surface area contributed by atoms with Gasteiger partial charge < -0.3 is 24.5 Å². The fraction of sp³-hybridized carbons (Fsp3) is 0.200. The van der Waals surface area contributed by atoms with Gasteiger partial charge in [0.25, 0.3) is 5.56 Å². The van der Waals surface area contributed by atoms with Gasteiger partial charge in [-0.1, -0.05) is 30.3 Å². The number of hydrogen-bond acceptors (Lipinski definition) is 6. The summed E-state index contributed by atoms with van der Waals surface area (Å²) in [4.78, 5) is 13.8. The molecule has 0 amide bonds. The second kappa shape index (κ2) is 8.52. The van der Waals surface area contributed by atoms with Gasteiger partial charge in [0.2, 0.25) is 5.88 Å². The molecule has 1 aliphatic heterocycles. The maximum Gasteiger partial charge on any atom is 0.259 e. The number of nitrogens with two attached hydrogens (primary N) is 1. The van der Waals surface area contributed by atoms with Gasteiger partial charge in [-0.25, -0.2) is 0 Å². The molecule has 7 nitrogen and oxygen atoms in total. The molecule has 4 rings (SSSR count). The number of nitriles is 1. The lowest BCUT2D eigenvalue weighted by molar-refractivity contribution is 0.380. The van der Waals surface area contributed by atoms with E-state index in [1.807, 2.05) is 37.3 Å². The molecule has 1 atom stereocenters. The molecule has 0 fully saturated rings. The quantitative estimate of drug-likeness (QED) is 0.667. The van der Waals surface area contributed by atoms with Crippen molar-refractivity contribution in [1.29, 1.82) is 5.26 Å². The van der Waals surface area contributed by atoms with Crippen molar-refractivity contribution in [2.75, 3.05) is 14.2 Å². The van der Waals surface area contributed by atoms with Gasteiger partial charge in [0.05, 0.1) is 32.2 Å². The molecule has 3 aromatic rings. The Labute approximate surface area is 185 Å². The number of nitrogens with zero attached hydrogens (tertiary/aromatic N) is 2. The van der Waals surface area contributed by atoms with Crippen molar-refractivity contribution >= 4 is 0 Å². The topological polar surface area (TPSA) is 99.5 Å². The summed E-state index contributed by atoms with van der Waals surface area (Å²) in [6.45, 7) is 2.23.